The van der Waals surface area contributed by atoms with Crippen molar-refractivity contribution in [3.63, 3.8) is 0 Å². The van der Waals surface area contributed by atoms with Crippen LogP contribution in [0.25, 0.3) is 32.7 Å². The van der Waals surface area contributed by atoms with Gasteiger partial charge in [-0.1, -0.05) is 0 Å². The zero-order valence-corrected chi connectivity index (χ0v) is 24.5. The second kappa shape index (κ2) is 9.86. The van der Waals surface area contributed by atoms with E-state index in [1.165, 1.54) is 6.92 Å². The summed E-state index contributed by atoms with van der Waals surface area (Å²) in [7, 11) is 2.29. The van der Waals surface area contributed by atoms with E-state index < -0.39 is 112 Å². The number of phenols is 4. The van der Waals surface area contributed by atoms with E-state index in [2.05, 4.69) is 0 Å². The van der Waals surface area contributed by atoms with Gasteiger partial charge in [-0.15, -0.1) is 0 Å². The third-order valence-corrected chi connectivity index (χ3v) is 8.87. The molecule has 0 aliphatic heterocycles. The first-order chi connectivity index (χ1) is 21.5. The monoisotopic (exact) mass is 634 g/mol. The maximum absolute atomic E-state index is 14.2. The van der Waals surface area contributed by atoms with E-state index in [0.29, 0.717) is 0 Å². The van der Waals surface area contributed by atoms with Gasteiger partial charge in [0, 0.05) is 55.9 Å². The smallest absolute Gasteiger partial charge is 0.237 e. The van der Waals surface area contributed by atoms with Crippen LogP contribution in [0.2, 0.25) is 0 Å². The van der Waals surface area contributed by atoms with Gasteiger partial charge in [0.25, 0.3) is 0 Å². The number of rotatable bonds is 3. The number of fused-ring (bicyclic) bond motifs is 3. The number of aryl methyl sites for hydroxylation is 1. The van der Waals surface area contributed by atoms with E-state index in [1.807, 2.05) is 0 Å². The highest BCUT2D eigenvalue weighted by Gasteiger charge is 2.52. The largest absolute Gasteiger partial charge is 0.507 e. The van der Waals surface area contributed by atoms with Crippen LogP contribution in [0.5, 0.6) is 34.5 Å². The lowest BCUT2D eigenvalue weighted by atomic mass is 9.73. The van der Waals surface area contributed by atoms with Gasteiger partial charge in [0.15, 0.2) is 5.43 Å². The van der Waals surface area contributed by atoms with Crippen LogP contribution < -0.4 is 31.2 Å². The maximum Gasteiger partial charge on any atom is 0.237 e. The van der Waals surface area contributed by atoms with E-state index in [1.54, 1.807) is 0 Å². The van der Waals surface area contributed by atoms with Gasteiger partial charge in [-0.3, -0.25) is 19.2 Å². The van der Waals surface area contributed by atoms with Gasteiger partial charge in [-0.25, -0.2) is 0 Å². The van der Waals surface area contributed by atoms with Gasteiger partial charge in [-0.2, -0.15) is 0 Å². The lowest BCUT2D eigenvalue weighted by molar-refractivity contribution is -0.182. The summed E-state index contributed by atoms with van der Waals surface area (Å²) in [4.78, 5) is 53.2. The van der Waals surface area contributed by atoms with Crippen molar-refractivity contribution in [1.82, 2.24) is 0 Å². The third-order valence-electron chi connectivity index (χ3n) is 8.87. The molecule has 14 heteroatoms. The normalized spacial score (nSPS) is 21.2. The van der Waals surface area contributed by atoms with Crippen LogP contribution in [0.15, 0.2) is 37.4 Å². The molecule has 14 nitrogen and oxygen atoms in total. The SMILES string of the molecule is COc1cc(O)c2c(O)c3c(c(O)c2c1-c1c(OC)cc(O)c2c(=O)c4c(=O)c(=O)c(C)cc=4c(=O)c12)[C@H](O)[C@](C)(O)[C@H](O)[C@H]3O. The fourth-order valence-electron chi connectivity index (χ4n) is 6.51. The summed E-state index contributed by atoms with van der Waals surface area (Å²) in [6, 6.07) is 2.95. The number of aliphatic hydroxyl groups excluding tert-OH is 3. The quantitative estimate of drug-likeness (QED) is 0.0965. The highest BCUT2D eigenvalue weighted by molar-refractivity contribution is 6.16. The second-order valence-corrected chi connectivity index (χ2v) is 11.4. The van der Waals surface area contributed by atoms with Gasteiger partial charge < -0.3 is 50.3 Å². The average Bonchev–Trinajstić information content (AvgIpc) is 3.01. The zero-order valence-electron chi connectivity index (χ0n) is 24.5. The molecule has 6 rings (SSSR count). The molecular weight excluding hydrogens is 608 g/mol. The number of aromatic hydroxyl groups is 4. The van der Waals surface area contributed by atoms with Crippen molar-refractivity contribution in [2.75, 3.05) is 14.2 Å². The molecule has 3 aliphatic rings. The van der Waals surface area contributed by atoms with Crippen molar-refractivity contribution in [3.8, 4) is 45.6 Å². The second-order valence-electron chi connectivity index (χ2n) is 11.4. The highest BCUT2D eigenvalue weighted by Crippen LogP contribution is 2.59. The molecule has 0 heterocycles. The first kappa shape index (κ1) is 30.7. The van der Waals surface area contributed by atoms with Crippen molar-refractivity contribution in [1.29, 1.82) is 0 Å². The number of ether oxygens (including phenoxy) is 2. The standard InChI is InChI=1S/C32H26O14/c1-8-5-9-14(28(40)23(8)35)25(37)15-10(33)6-12(45-3)17(19(15)24(9)36)18-13(46-4)7-11(34)16-20(18)27(39)22-21(26(16)38)29(41)31(43)32(2,44)30(22)42/h5-7,29-31,33-34,38-39,41-44H,1-4H3/t29-,30-,31+,32-/m0/s1. The Morgan fingerprint density at radius 2 is 1.20 bits per heavy atom. The topological polar surface area (TPSA) is 249 Å². The molecule has 0 spiro atoms. The van der Waals surface area contributed by atoms with Crippen molar-refractivity contribution in [2.24, 2.45) is 0 Å². The maximum atomic E-state index is 14.2. The van der Waals surface area contributed by atoms with Crippen LogP contribution in [-0.2, 0) is 0 Å². The zero-order chi connectivity index (χ0) is 33.9. The molecule has 3 aromatic rings. The number of phenolic OH excluding ortho intramolecular Hbond substituents is 4. The fourth-order valence-corrected chi connectivity index (χ4v) is 6.51. The van der Waals surface area contributed by atoms with Gasteiger partial charge in [0.05, 0.1) is 30.2 Å². The summed E-state index contributed by atoms with van der Waals surface area (Å²) in [5.74, 6) is -4.02. The molecule has 8 N–H and O–H groups in total. The van der Waals surface area contributed by atoms with Crippen LogP contribution >= 0.6 is 0 Å². The van der Waals surface area contributed by atoms with Gasteiger partial charge >= 0.3 is 0 Å². The minimum atomic E-state index is -2.47. The molecule has 0 unspecified atom stereocenters. The summed E-state index contributed by atoms with van der Waals surface area (Å²) in [6.07, 6.45) is -6.27. The van der Waals surface area contributed by atoms with Gasteiger partial charge in [0.1, 0.15) is 58.4 Å². The Kier molecular flexibility index (Phi) is 6.59. The lowest BCUT2D eigenvalue weighted by Gasteiger charge is -2.42. The van der Waals surface area contributed by atoms with Crippen molar-refractivity contribution >= 4 is 21.5 Å². The molecule has 0 radical (unpaired) electrons. The van der Waals surface area contributed by atoms with Crippen molar-refractivity contribution < 1.29 is 50.3 Å². The summed E-state index contributed by atoms with van der Waals surface area (Å²) >= 11 is 0. The number of aliphatic hydroxyl groups is 4. The average molecular weight is 635 g/mol. The van der Waals surface area contributed by atoms with Crippen molar-refractivity contribution in [3.05, 3.63) is 86.2 Å². The Labute approximate surface area is 255 Å². The Bertz CT molecular complexity index is 2460. The first-order valence-electron chi connectivity index (χ1n) is 13.7. The molecule has 0 saturated heterocycles. The molecule has 0 aromatic heterocycles. The van der Waals surface area contributed by atoms with Crippen molar-refractivity contribution in [2.45, 2.75) is 37.8 Å². The van der Waals surface area contributed by atoms with Gasteiger partial charge in [-0.05, 0) is 19.9 Å². The van der Waals surface area contributed by atoms with E-state index >= 15 is 0 Å². The molecule has 3 aliphatic carbocycles. The minimum Gasteiger partial charge on any atom is -0.507 e. The predicted molar refractivity (Wildman–Crippen MR) is 161 cm³/mol. The molecule has 3 aromatic carbocycles. The van der Waals surface area contributed by atoms with Crippen LogP contribution in [0.4, 0.5) is 0 Å². The molecule has 0 fully saturated rings. The van der Waals surface area contributed by atoms with Crippen LogP contribution in [0.1, 0.15) is 35.8 Å². The number of hydrogen-bond donors (Lipinski definition) is 8. The van der Waals surface area contributed by atoms with E-state index in [-0.39, 0.29) is 28.2 Å². The minimum absolute atomic E-state index is 0.134. The fraction of sp³-hybridized carbons (Fsp3) is 0.250. The van der Waals surface area contributed by atoms with Crippen LogP contribution in [0, 0.1) is 17.4 Å². The number of benzene rings is 3. The van der Waals surface area contributed by atoms with E-state index in [0.717, 1.165) is 39.3 Å². The Balaban J connectivity index is 1.97. The van der Waals surface area contributed by atoms with E-state index in [4.69, 9.17) is 9.47 Å². The predicted octanol–water partition coefficient (Wildman–Crippen LogP) is 0.0415. The van der Waals surface area contributed by atoms with E-state index in [9.17, 15) is 60.0 Å². The van der Waals surface area contributed by atoms with Crippen LogP contribution in [-0.4, -0.2) is 66.8 Å². The summed E-state index contributed by atoms with van der Waals surface area (Å²) in [6.45, 7) is 2.24. The molecule has 238 valence electrons. The molecule has 0 amide bonds. The number of hydrogen-bond acceptors (Lipinski definition) is 14. The van der Waals surface area contributed by atoms with Crippen LogP contribution in [0.3, 0.4) is 0 Å². The number of methoxy groups -OCH3 is 2. The van der Waals surface area contributed by atoms with Gasteiger partial charge in [0.2, 0.25) is 16.3 Å². The molecule has 0 bridgehead atoms. The Morgan fingerprint density at radius 3 is 1.76 bits per heavy atom. The molecule has 4 atom stereocenters. The molecular formula is C32H26O14. The summed E-state index contributed by atoms with van der Waals surface area (Å²) < 4.78 is 11.0. The summed E-state index contributed by atoms with van der Waals surface area (Å²) in [5, 5.41) is 84.9. The lowest BCUT2D eigenvalue weighted by Crippen LogP contribution is -2.51. The first-order valence-corrected chi connectivity index (χ1v) is 13.7. The third kappa shape index (κ3) is 3.66. The Hall–Kier alpha value is -5.28. The molecule has 0 saturated carbocycles. The Morgan fingerprint density at radius 1 is 0.674 bits per heavy atom. The summed E-state index contributed by atoms with van der Waals surface area (Å²) in [5.41, 5.74) is -8.99. The highest BCUT2D eigenvalue weighted by atomic mass is 16.5. The molecule has 46 heavy (non-hydrogen) atoms.